The molecule has 3 aromatic rings. The van der Waals surface area contributed by atoms with Crippen LogP contribution in [0, 0.1) is 6.92 Å². The Morgan fingerprint density at radius 2 is 1.86 bits per heavy atom. The van der Waals surface area contributed by atoms with Gasteiger partial charge in [-0.15, -0.1) is 11.3 Å². The van der Waals surface area contributed by atoms with Crippen molar-refractivity contribution in [2.24, 2.45) is 0 Å². The van der Waals surface area contributed by atoms with Gasteiger partial charge < -0.3 is 10.1 Å². The third-order valence-corrected chi connectivity index (χ3v) is 5.36. The number of thiophene rings is 1. The monoisotopic (exact) mass is 393 g/mol. The van der Waals surface area contributed by atoms with Crippen LogP contribution < -0.4 is 5.32 Å². The molecule has 1 aromatic heterocycles. The van der Waals surface area contributed by atoms with Crippen molar-refractivity contribution in [3.63, 3.8) is 0 Å². The van der Waals surface area contributed by atoms with Gasteiger partial charge in [0.05, 0.1) is 6.61 Å². The van der Waals surface area contributed by atoms with Crippen molar-refractivity contribution in [3.8, 4) is 0 Å². The fraction of sp³-hybridized carbons (Fsp3) is 0.217. The fourth-order valence-corrected chi connectivity index (χ4v) is 3.81. The highest BCUT2D eigenvalue weighted by Gasteiger charge is 2.21. The van der Waals surface area contributed by atoms with Crippen LogP contribution in [0.25, 0.3) is 16.2 Å². The van der Waals surface area contributed by atoms with E-state index in [1.165, 1.54) is 17.4 Å². The van der Waals surface area contributed by atoms with Gasteiger partial charge in [-0.25, -0.2) is 4.79 Å². The number of fused-ring (bicyclic) bond motifs is 1. The van der Waals surface area contributed by atoms with Gasteiger partial charge in [0.1, 0.15) is 10.6 Å². The minimum atomic E-state index is -0.399. The molecule has 0 saturated heterocycles. The van der Waals surface area contributed by atoms with Crippen molar-refractivity contribution in [1.29, 1.82) is 0 Å². The van der Waals surface area contributed by atoms with Crippen LogP contribution in [0.3, 0.4) is 0 Å². The summed E-state index contributed by atoms with van der Waals surface area (Å²) in [5.41, 5.74) is 2.53. The van der Waals surface area contributed by atoms with Crippen molar-refractivity contribution in [2.75, 3.05) is 11.9 Å². The number of rotatable bonds is 7. The Bertz CT molecular complexity index is 1000. The Kier molecular flexibility index (Phi) is 6.61. The molecule has 0 aliphatic rings. The van der Waals surface area contributed by atoms with E-state index in [4.69, 9.17) is 4.74 Å². The predicted octanol–water partition coefficient (Wildman–Crippen LogP) is 5.82. The molecule has 0 bridgehead atoms. The minimum absolute atomic E-state index is 0.283. The molecule has 1 amide bonds. The van der Waals surface area contributed by atoms with Gasteiger partial charge in [0.15, 0.2) is 0 Å². The smallest absolute Gasteiger partial charge is 0.341 e. The molecule has 28 heavy (non-hydrogen) atoms. The van der Waals surface area contributed by atoms with E-state index in [-0.39, 0.29) is 5.91 Å². The van der Waals surface area contributed by atoms with Crippen LogP contribution in [0.2, 0.25) is 0 Å². The van der Waals surface area contributed by atoms with Crippen molar-refractivity contribution in [1.82, 2.24) is 0 Å². The molecule has 144 valence electrons. The number of anilines is 1. The van der Waals surface area contributed by atoms with Crippen LogP contribution in [-0.2, 0) is 9.53 Å². The molecule has 2 aromatic carbocycles. The van der Waals surface area contributed by atoms with Gasteiger partial charge >= 0.3 is 5.97 Å². The number of hydrogen-bond donors (Lipinski definition) is 1. The number of nitrogens with one attached hydrogen (secondary N) is 1. The third-order valence-electron chi connectivity index (χ3n) is 4.27. The summed E-state index contributed by atoms with van der Waals surface area (Å²) in [6.07, 6.45) is 4.99. The molecule has 0 radical (unpaired) electrons. The Balaban J connectivity index is 1.81. The average molecular weight is 394 g/mol. The van der Waals surface area contributed by atoms with Crippen molar-refractivity contribution in [2.45, 2.75) is 26.7 Å². The first-order chi connectivity index (χ1) is 13.6. The number of carbonyl (C=O) groups excluding carboxylic acids is 2. The number of ether oxygens (including phenoxy) is 1. The lowest BCUT2D eigenvalue weighted by atomic mass is 10.1. The maximum atomic E-state index is 12.6. The molecule has 0 fully saturated rings. The van der Waals surface area contributed by atoms with Gasteiger partial charge in [0.25, 0.3) is 0 Å². The Morgan fingerprint density at radius 3 is 2.61 bits per heavy atom. The quantitative estimate of drug-likeness (QED) is 0.313. The summed E-state index contributed by atoms with van der Waals surface area (Å²) in [4.78, 5) is 25.0. The van der Waals surface area contributed by atoms with E-state index >= 15 is 0 Å². The number of amides is 1. The summed E-state index contributed by atoms with van der Waals surface area (Å²) in [5, 5.41) is 4.16. The fourth-order valence-electron chi connectivity index (χ4n) is 2.72. The second-order valence-corrected chi connectivity index (χ2v) is 7.58. The maximum Gasteiger partial charge on any atom is 0.341 e. The normalized spacial score (nSPS) is 11.1. The first-order valence-corrected chi connectivity index (χ1v) is 10.1. The lowest BCUT2D eigenvalue weighted by Gasteiger charge is -2.06. The average Bonchev–Trinajstić information content (AvgIpc) is 3.05. The number of esters is 1. The van der Waals surface area contributed by atoms with E-state index < -0.39 is 5.97 Å². The standard InChI is InChI=1S/C23H23NO3S/c1-3-4-15-27-23(26)21-18-7-5-6-8-19(18)28-22(21)24-20(25)14-13-17-11-9-16(2)10-12-17/h5-14H,3-4,15H2,1-2H3,(H,24,25)/b14-13+. The molecule has 5 heteroatoms. The predicted molar refractivity (Wildman–Crippen MR) is 116 cm³/mol. The Hall–Kier alpha value is -2.92. The summed E-state index contributed by atoms with van der Waals surface area (Å²) in [7, 11) is 0. The maximum absolute atomic E-state index is 12.6. The third kappa shape index (κ3) is 4.87. The lowest BCUT2D eigenvalue weighted by molar-refractivity contribution is -0.111. The molecule has 1 heterocycles. The van der Waals surface area contributed by atoms with Gasteiger partial charge in [0, 0.05) is 16.2 Å². The molecule has 0 aliphatic heterocycles. The second kappa shape index (κ2) is 9.33. The van der Waals surface area contributed by atoms with Crippen molar-refractivity contribution < 1.29 is 14.3 Å². The number of aryl methyl sites for hydroxylation is 1. The zero-order valence-electron chi connectivity index (χ0n) is 16.0. The topological polar surface area (TPSA) is 55.4 Å². The summed E-state index contributed by atoms with van der Waals surface area (Å²) >= 11 is 1.38. The lowest BCUT2D eigenvalue weighted by Crippen LogP contribution is -2.12. The number of hydrogen-bond acceptors (Lipinski definition) is 4. The summed E-state index contributed by atoms with van der Waals surface area (Å²) < 4.78 is 6.33. The van der Waals surface area contributed by atoms with Gasteiger partial charge in [-0.05, 0) is 31.1 Å². The molecule has 0 unspecified atom stereocenters. The Morgan fingerprint density at radius 1 is 1.11 bits per heavy atom. The molecular weight excluding hydrogens is 370 g/mol. The number of carbonyl (C=O) groups is 2. The summed E-state index contributed by atoms with van der Waals surface area (Å²) in [5.74, 6) is -0.682. The zero-order chi connectivity index (χ0) is 19.9. The highest BCUT2D eigenvalue weighted by Crippen LogP contribution is 2.36. The molecule has 0 atom stereocenters. The molecule has 0 spiro atoms. The van der Waals surface area contributed by atoms with Crippen molar-refractivity contribution in [3.05, 3.63) is 71.3 Å². The largest absolute Gasteiger partial charge is 0.462 e. The summed E-state index contributed by atoms with van der Waals surface area (Å²) in [6, 6.07) is 15.5. The van der Waals surface area contributed by atoms with Crippen LogP contribution in [0.1, 0.15) is 41.3 Å². The molecule has 0 aliphatic carbocycles. The molecule has 1 N–H and O–H groups in total. The van der Waals surface area contributed by atoms with Gasteiger partial charge in [-0.3, -0.25) is 4.79 Å². The van der Waals surface area contributed by atoms with E-state index in [0.717, 1.165) is 34.1 Å². The minimum Gasteiger partial charge on any atom is -0.462 e. The number of unbranched alkanes of at least 4 members (excludes halogenated alkanes) is 1. The van der Waals surface area contributed by atoms with Crippen LogP contribution in [0.15, 0.2) is 54.6 Å². The SMILES string of the molecule is CCCCOC(=O)c1c(NC(=O)/C=C/c2ccc(C)cc2)sc2ccccc12. The van der Waals surface area contributed by atoms with E-state index in [2.05, 4.69) is 5.32 Å². The van der Waals surface area contributed by atoms with Gasteiger partial charge in [0.2, 0.25) is 5.91 Å². The highest BCUT2D eigenvalue weighted by molar-refractivity contribution is 7.23. The first kappa shape index (κ1) is 19.8. The van der Waals surface area contributed by atoms with Crippen LogP contribution in [0.4, 0.5) is 5.00 Å². The first-order valence-electron chi connectivity index (χ1n) is 9.33. The molecule has 0 saturated carbocycles. The summed E-state index contributed by atoms with van der Waals surface area (Å²) in [6.45, 7) is 4.43. The van der Waals surface area contributed by atoms with Crippen LogP contribution in [-0.4, -0.2) is 18.5 Å². The molecule has 4 nitrogen and oxygen atoms in total. The Labute approximate surface area is 168 Å². The zero-order valence-corrected chi connectivity index (χ0v) is 16.8. The van der Waals surface area contributed by atoms with Crippen LogP contribution in [0.5, 0.6) is 0 Å². The van der Waals surface area contributed by atoms with E-state index in [1.54, 1.807) is 6.08 Å². The van der Waals surface area contributed by atoms with E-state index in [1.807, 2.05) is 62.4 Å². The van der Waals surface area contributed by atoms with E-state index in [0.29, 0.717) is 17.2 Å². The second-order valence-electron chi connectivity index (χ2n) is 6.53. The van der Waals surface area contributed by atoms with E-state index in [9.17, 15) is 9.59 Å². The van der Waals surface area contributed by atoms with Gasteiger partial charge in [-0.2, -0.15) is 0 Å². The number of benzene rings is 2. The van der Waals surface area contributed by atoms with Crippen molar-refractivity contribution >= 4 is 44.4 Å². The highest BCUT2D eigenvalue weighted by atomic mass is 32.1. The molecular formula is C23H23NO3S. The van der Waals surface area contributed by atoms with Gasteiger partial charge in [-0.1, -0.05) is 61.4 Å². The van der Waals surface area contributed by atoms with Crippen LogP contribution >= 0.6 is 11.3 Å². The molecule has 3 rings (SSSR count).